The summed E-state index contributed by atoms with van der Waals surface area (Å²) in [5.74, 6) is 0.214. The van der Waals surface area contributed by atoms with E-state index in [1.165, 1.54) is 24.3 Å². The summed E-state index contributed by atoms with van der Waals surface area (Å²) < 4.78 is 45.4. The molecule has 3 N–H and O–H groups in total. The molecular formula is C16H17ClF3IN4O2. The van der Waals surface area contributed by atoms with E-state index in [-0.39, 0.29) is 48.8 Å². The maximum atomic E-state index is 12.1. The van der Waals surface area contributed by atoms with Gasteiger partial charge in [0.15, 0.2) is 5.96 Å². The molecule has 2 rings (SSSR count). The minimum absolute atomic E-state index is 0. The third-order valence-electron chi connectivity index (χ3n) is 2.96. The van der Waals surface area contributed by atoms with Gasteiger partial charge < -0.3 is 20.5 Å². The molecule has 0 aliphatic carbocycles. The highest BCUT2D eigenvalue weighted by Crippen LogP contribution is 2.23. The zero-order chi connectivity index (χ0) is 19.0. The Morgan fingerprint density at radius 2 is 1.93 bits per heavy atom. The maximum Gasteiger partial charge on any atom is 0.573 e. The van der Waals surface area contributed by atoms with E-state index in [4.69, 9.17) is 22.1 Å². The summed E-state index contributed by atoms with van der Waals surface area (Å²) in [5.41, 5.74) is 6.39. The third-order valence-corrected chi connectivity index (χ3v) is 3.25. The van der Waals surface area contributed by atoms with Gasteiger partial charge in [0.2, 0.25) is 5.88 Å². The number of ether oxygens (including phenoxy) is 2. The molecule has 27 heavy (non-hydrogen) atoms. The molecule has 0 atom stereocenters. The monoisotopic (exact) mass is 516 g/mol. The van der Waals surface area contributed by atoms with Crippen molar-refractivity contribution < 1.29 is 22.6 Å². The number of pyridine rings is 1. The maximum absolute atomic E-state index is 12.1. The number of hydrogen-bond donors (Lipinski definition) is 2. The number of rotatable bonds is 7. The SMILES string of the molecule is I.NC(=NCc1ccc(OC(F)(F)F)cc1)NCCOc1ncccc1Cl. The molecule has 0 saturated carbocycles. The van der Waals surface area contributed by atoms with Gasteiger partial charge in [-0.1, -0.05) is 23.7 Å². The minimum Gasteiger partial charge on any atom is -0.475 e. The summed E-state index contributed by atoms with van der Waals surface area (Å²) in [6, 6.07) is 8.74. The molecule has 0 radical (unpaired) electrons. The van der Waals surface area contributed by atoms with E-state index in [0.29, 0.717) is 23.0 Å². The fourth-order valence-electron chi connectivity index (χ4n) is 1.83. The van der Waals surface area contributed by atoms with Crippen LogP contribution in [0.1, 0.15) is 5.56 Å². The van der Waals surface area contributed by atoms with Crippen molar-refractivity contribution in [1.82, 2.24) is 10.3 Å². The molecule has 0 bridgehead atoms. The van der Waals surface area contributed by atoms with Crippen molar-refractivity contribution in [3.63, 3.8) is 0 Å². The van der Waals surface area contributed by atoms with Gasteiger partial charge >= 0.3 is 6.36 Å². The minimum atomic E-state index is -4.71. The van der Waals surface area contributed by atoms with E-state index in [9.17, 15) is 13.2 Å². The Kier molecular flexibility index (Phi) is 9.43. The quantitative estimate of drug-likeness (QED) is 0.254. The standard InChI is InChI=1S/C16H16ClF3N4O2.HI/c17-13-2-1-7-22-14(13)25-9-8-23-15(21)24-10-11-3-5-12(6-4-11)26-16(18,19)20;/h1-7H,8-10H2,(H3,21,23,24);1H. The van der Waals surface area contributed by atoms with Crippen molar-refractivity contribution in [3.05, 3.63) is 53.2 Å². The van der Waals surface area contributed by atoms with Crippen LogP contribution in [0, 0.1) is 0 Å². The normalized spacial score (nSPS) is 11.5. The van der Waals surface area contributed by atoms with Crippen molar-refractivity contribution in [2.45, 2.75) is 12.9 Å². The molecule has 1 heterocycles. The predicted molar refractivity (Wildman–Crippen MR) is 107 cm³/mol. The topological polar surface area (TPSA) is 81.8 Å². The Morgan fingerprint density at radius 3 is 2.56 bits per heavy atom. The fourth-order valence-corrected chi connectivity index (χ4v) is 2.01. The van der Waals surface area contributed by atoms with Crippen LogP contribution in [0.25, 0.3) is 0 Å². The summed E-state index contributed by atoms with van der Waals surface area (Å²) in [6.45, 7) is 0.856. The molecular weight excluding hydrogens is 500 g/mol. The zero-order valence-corrected chi connectivity index (χ0v) is 17.0. The lowest BCUT2D eigenvalue weighted by molar-refractivity contribution is -0.274. The Bertz CT molecular complexity index is 745. The summed E-state index contributed by atoms with van der Waals surface area (Å²) >= 11 is 5.90. The van der Waals surface area contributed by atoms with E-state index in [0.717, 1.165) is 0 Å². The first-order valence-electron chi connectivity index (χ1n) is 7.45. The summed E-state index contributed by atoms with van der Waals surface area (Å²) in [7, 11) is 0. The highest BCUT2D eigenvalue weighted by Gasteiger charge is 2.30. The molecule has 0 fully saturated rings. The molecule has 0 amide bonds. The lowest BCUT2D eigenvalue weighted by Gasteiger charge is -2.09. The molecule has 6 nitrogen and oxygen atoms in total. The van der Waals surface area contributed by atoms with Gasteiger partial charge in [0.05, 0.1) is 13.1 Å². The van der Waals surface area contributed by atoms with Gasteiger partial charge in [0, 0.05) is 6.20 Å². The highest BCUT2D eigenvalue weighted by molar-refractivity contribution is 14.0. The van der Waals surface area contributed by atoms with E-state index < -0.39 is 6.36 Å². The van der Waals surface area contributed by atoms with Gasteiger partial charge in [-0.15, -0.1) is 37.1 Å². The van der Waals surface area contributed by atoms with Crippen LogP contribution in [-0.2, 0) is 6.54 Å². The second-order valence-electron chi connectivity index (χ2n) is 4.96. The summed E-state index contributed by atoms with van der Waals surface area (Å²) in [6.07, 6.45) is -3.15. The number of benzene rings is 1. The van der Waals surface area contributed by atoms with Crippen molar-refractivity contribution in [2.24, 2.45) is 10.7 Å². The molecule has 1 aromatic carbocycles. The Balaban J connectivity index is 0.00000364. The number of alkyl halides is 3. The molecule has 11 heteroatoms. The lowest BCUT2D eigenvalue weighted by Crippen LogP contribution is -2.34. The van der Waals surface area contributed by atoms with E-state index >= 15 is 0 Å². The predicted octanol–water partition coefficient (Wildman–Crippen LogP) is 3.73. The molecule has 0 aliphatic heterocycles. The number of nitrogens with two attached hydrogens (primary N) is 1. The number of guanidine groups is 1. The Labute approximate surface area is 175 Å². The molecule has 0 saturated heterocycles. The first-order valence-corrected chi connectivity index (χ1v) is 7.83. The smallest absolute Gasteiger partial charge is 0.475 e. The van der Waals surface area contributed by atoms with Gasteiger partial charge in [-0.3, -0.25) is 0 Å². The molecule has 0 aliphatic rings. The zero-order valence-electron chi connectivity index (χ0n) is 13.9. The molecule has 2 aromatic rings. The van der Waals surface area contributed by atoms with Crippen LogP contribution in [0.5, 0.6) is 11.6 Å². The average Bonchev–Trinajstić information content (AvgIpc) is 2.58. The first-order chi connectivity index (χ1) is 12.3. The van der Waals surface area contributed by atoms with Crippen molar-refractivity contribution in [3.8, 4) is 11.6 Å². The number of nitrogens with one attached hydrogen (secondary N) is 1. The molecule has 0 unspecified atom stereocenters. The second kappa shape index (κ2) is 11.0. The fraction of sp³-hybridized carbons (Fsp3) is 0.250. The largest absolute Gasteiger partial charge is 0.573 e. The molecule has 1 aromatic heterocycles. The van der Waals surface area contributed by atoms with Crippen LogP contribution >= 0.6 is 35.6 Å². The number of halogens is 5. The second-order valence-corrected chi connectivity index (χ2v) is 5.37. The van der Waals surface area contributed by atoms with Gasteiger partial charge in [0.25, 0.3) is 0 Å². The van der Waals surface area contributed by atoms with Crippen molar-refractivity contribution in [1.29, 1.82) is 0 Å². The van der Waals surface area contributed by atoms with Crippen LogP contribution < -0.4 is 20.5 Å². The Hall–Kier alpha value is -1.95. The first kappa shape index (κ1) is 23.1. The summed E-state index contributed by atoms with van der Waals surface area (Å²) in [5, 5.41) is 3.25. The van der Waals surface area contributed by atoms with Gasteiger partial charge in [-0.2, -0.15) is 0 Å². The van der Waals surface area contributed by atoms with Crippen LogP contribution in [0.2, 0.25) is 5.02 Å². The number of hydrogen-bond acceptors (Lipinski definition) is 4. The summed E-state index contributed by atoms with van der Waals surface area (Å²) in [4.78, 5) is 8.06. The van der Waals surface area contributed by atoms with E-state index in [2.05, 4.69) is 20.0 Å². The van der Waals surface area contributed by atoms with E-state index in [1.54, 1.807) is 18.3 Å². The highest BCUT2D eigenvalue weighted by atomic mass is 127. The molecule has 148 valence electrons. The van der Waals surface area contributed by atoms with Crippen LogP contribution in [0.3, 0.4) is 0 Å². The van der Waals surface area contributed by atoms with E-state index in [1.807, 2.05) is 0 Å². The van der Waals surface area contributed by atoms with Gasteiger partial charge in [-0.05, 0) is 29.8 Å². The third kappa shape index (κ3) is 9.00. The van der Waals surface area contributed by atoms with Crippen LogP contribution in [0.15, 0.2) is 47.6 Å². The van der Waals surface area contributed by atoms with Gasteiger partial charge in [-0.25, -0.2) is 9.98 Å². The van der Waals surface area contributed by atoms with Crippen molar-refractivity contribution >= 4 is 41.5 Å². The van der Waals surface area contributed by atoms with Gasteiger partial charge in [0.1, 0.15) is 17.4 Å². The molecule has 0 spiro atoms. The average molecular weight is 517 g/mol. The Morgan fingerprint density at radius 1 is 1.22 bits per heavy atom. The van der Waals surface area contributed by atoms with Crippen LogP contribution in [-0.4, -0.2) is 30.5 Å². The van der Waals surface area contributed by atoms with Crippen LogP contribution in [0.4, 0.5) is 13.2 Å². The number of aromatic nitrogens is 1. The lowest BCUT2D eigenvalue weighted by atomic mass is 10.2. The number of nitrogens with zero attached hydrogens (tertiary/aromatic N) is 2. The van der Waals surface area contributed by atoms with Crippen molar-refractivity contribution in [2.75, 3.05) is 13.2 Å². The number of aliphatic imine (C=N–C) groups is 1.